The van der Waals surface area contributed by atoms with Crippen molar-refractivity contribution in [1.29, 1.82) is 0 Å². The highest BCUT2D eigenvalue weighted by atomic mass is 16.5. The van der Waals surface area contributed by atoms with Gasteiger partial charge in [-0.15, -0.1) is 0 Å². The second kappa shape index (κ2) is 6.79. The van der Waals surface area contributed by atoms with E-state index in [1.807, 2.05) is 0 Å². The van der Waals surface area contributed by atoms with Crippen molar-refractivity contribution in [2.24, 2.45) is 5.92 Å². The Hall–Kier alpha value is -0.610. The van der Waals surface area contributed by atoms with Gasteiger partial charge in [0.1, 0.15) is 0 Å². The van der Waals surface area contributed by atoms with Gasteiger partial charge in [0.15, 0.2) is 0 Å². The van der Waals surface area contributed by atoms with Gasteiger partial charge >= 0.3 is 5.97 Å². The molecule has 0 aromatic heterocycles. The molecule has 14 heavy (non-hydrogen) atoms. The third-order valence-corrected chi connectivity index (χ3v) is 2.43. The third kappa shape index (κ3) is 5.19. The van der Waals surface area contributed by atoms with Crippen molar-refractivity contribution in [3.05, 3.63) is 0 Å². The first kappa shape index (κ1) is 11.5. The lowest BCUT2D eigenvalue weighted by Gasteiger charge is -2.22. The van der Waals surface area contributed by atoms with Gasteiger partial charge in [0.2, 0.25) is 0 Å². The molecule has 4 nitrogen and oxygen atoms in total. The average Bonchev–Trinajstić information content (AvgIpc) is 2.18. The van der Waals surface area contributed by atoms with E-state index in [1.54, 1.807) is 0 Å². The quantitative estimate of drug-likeness (QED) is 0.626. The molecule has 1 unspecified atom stereocenters. The van der Waals surface area contributed by atoms with Gasteiger partial charge in [-0.05, 0) is 31.7 Å². The number of carboxylic acids is 1. The Morgan fingerprint density at radius 2 is 2.43 bits per heavy atom. The number of carboxylic acid groups (broad SMARTS) is 1. The van der Waals surface area contributed by atoms with E-state index in [0.29, 0.717) is 12.3 Å². The third-order valence-electron chi connectivity index (χ3n) is 2.43. The first-order valence-corrected chi connectivity index (χ1v) is 5.29. The first-order valence-electron chi connectivity index (χ1n) is 5.29. The molecule has 1 saturated heterocycles. The molecule has 4 heteroatoms. The summed E-state index contributed by atoms with van der Waals surface area (Å²) in [6.07, 6.45) is 3.35. The molecule has 0 amide bonds. The van der Waals surface area contributed by atoms with E-state index < -0.39 is 5.97 Å². The molecule has 82 valence electrons. The zero-order valence-corrected chi connectivity index (χ0v) is 8.50. The average molecular weight is 201 g/mol. The molecule has 0 spiro atoms. The van der Waals surface area contributed by atoms with Crippen LogP contribution in [0.2, 0.25) is 0 Å². The van der Waals surface area contributed by atoms with Crippen LogP contribution >= 0.6 is 0 Å². The zero-order valence-electron chi connectivity index (χ0n) is 8.50. The van der Waals surface area contributed by atoms with Gasteiger partial charge in [0.05, 0.1) is 6.61 Å². The molecule has 0 saturated carbocycles. The lowest BCUT2D eigenvalue weighted by molar-refractivity contribution is -0.137. The Morgan fingerprint density at radius 1 is 1.57 bits per heavy atom. The number of hydrogen-bond acceptors (Lipinski definition) is 3. The Morgan fingerprint density at radius 3 is 3.07 bits per heavy atom. The smallest absolute Gasteiger partial charge is 0.303 e. The molecule has 0 aliphatic carbocycles. The summed E-state index contributed by atoms with van der Waals surface area (Å²) in [7, 11) is 0. The van der Waals surface area contributed by atoms with E-state index >= 15 is 0 Å². The number of carbonyl (C=O) groups is 1. The lowest BCUT2D eigenvalue weighted by atomic mass is 10.0. The molecular formula is C10H19NO3. The van der Waals surface area contributed by atoms with Gasteiger partial charge in [-0.2, -0.15) is 0 Å². The van der Waals surface area contributed by atoms with Crippen molar-refractivity contribution < 1.29 is 14.6 Å². The highest BCUT2D eigenvalue weighted by molar-refractivity contribution is 5.66. The molecule has 1 rings (SSSR count). The van der Waals surface area contributed by atoms with Crippen LogP contribution in [0.25, 0.3) is 0 Å². The fourth-order valence-corrected chi connectivity index (χ4v) is 1.64. The number of hydrogen-bond donors (Lipinski definition) is 2. The van der Waals surface area contributed by atoms with Crippen LogP contribution in [0.5, 0.6) is 0 Å². The van der Waals surface area contributed by atoms with E-state index in [9.17, 15) is 4.79 Å². The summed E-state index contributed by atoms with van der Waals surface area (Å²) in [6.45, 7) is 3.50. The maximum absolute atomic E-state index is 10.2. The van der Waals surface area contributed by atoms with Crippen LogP contribution in [0.1, 0.15) is 25.7 Å². The lowest BCUT2D eigenvalue weighted by Crippen LogP contribution is -2.29. The van der Waals surface area contributed by atoms with Crippen LogP contribution in [0.4, 0.5) is 0 Å². The summed E-state index contributed by atoms with van der Waals surface area (Å²) in [6, 6.07) is 0. The number of aliphatic carboxylic acids is 1. The molecular weight excluding hydrogens is 182 g/mol. The minimum absolute atomic E-state index is 0.258. The maximum Gasteiger partial charge on any atom is 0.303 e. The summed E-state index contributed by atoms with van der Waals surface area (Å²) in [5.74, 6) is -0.0959. The Kier molecular flexibility index (Phi) is 5.56. The number of ether oxygens (including phenoxy) is 1. The minimum atomic E-state index is -0.715. The molecule has 1 heterocycles. The van der Waals surface area contributed by atoms with Crippen LogP contribution in [0.3, 0.4) is 0 Å². The first-order chi connectivity index (χ1) is 6.79. The maximum atomic E-state index is 10.2. The van der Waals surface area contributed by atoms with Crippen molar-refractivity contribution >= 4 is 5.97 Å². The highest BCUT2D eigenvalue weighted by Gasteiger charge is 2.12. The fourth-order valence-electron chi connectivity index (χ4n) is 1.64. The van der Waals surface area contributed by atoms with Crippen molar-refractivity contribution in [2.75, 3.05) is 26.3 Å². The number of rotatable bonds is 6. The SMILES string of the molecule is O=C(O)CCCNCC1CCCOC1. The van der Waals surface area contributed by atoms with E-state index in [2.05, 4.69) is 5.32 Å². The largest absolute Gasteiger partial charge is 0.481 e. The van der Waals surface area contributed by atoms with Gasteiger partial charge in [-0.1, -0.05) is 0 Å². The van der Waals surface area contributed by atoms with Crippen molar-refractivity contribution in [3.8, 4) is 0 Å². The Labute approximate surface area is 84.6 Å². The summed E-state index contributed by atoms with van der Waals surface area (Å²) < 4.78 is 5.34. The van der Waals surface area contributed by atoms with E-state index in [-0.39, 0.29) is 6.42 Å². The number of nitrogens with one attached hydrogen (secondary N) is 1. The van der Waals surface area contributed by atoms with Gasteiger partial charge in [0.25, 0.3) is 0 Å². The topological polar surface area (TPSA) is 58.6 Å². The van der Waals surface area contributed by atoms with E-state index in [1.165, 1.54) is 6.42 Å². The zero-order chi connectivity index (χ0) is 10.2. The highest BCUT2D eigenvalue weighted by Crippen LogP contribution is 2.11. The molecule has 0 aromatic carbocycles. The predicted molar refractivity (Wildman–Crippen MR) is 53.3 cm³/mol. The summed E-state index contributed by atoms with van der Waals surface area (Å²) in [4.78, 5) is 10.2. The molecule has 0 bridgehead atoms. The van der Waals surface area contributed by atoms with Crippen molar-refractivity contribution in [2.45, 2.75) is 25.7 Å². The van der Waals surface area contributed by atoms with Crippen LogP contribution < -0.4 is 5.32 Å². The van der Waals surface area contributed by atoms with E-state index in [0.717, 1.165) is 32.7 Å². The van der Waals surface area contributed by atoms with Crippen LogP contribution in [-0.2, 0) is 9.53 Å². The standard InChI is InChI=1S/C10H19NO3/c12-10(13)4-1-5-11-7-9-3-2-6-14-8-9/h9,11H,1-8H2,(H,12,13). The monoisotopic (exact) mass is 201 g/mol. The van der Waals surface area contributed by atoms with Gasteiger partial charge in [-0.3, -0.25) is 4.79 Å². The predicted octanol–water partition coefficient (Wildman–Crippen LogP) is 0.867. The summed E-state index contributed by atoms with van der Waals surface area (Å²) >= 11 is 0. The molecule has 2 N–H and O–H groups in total. The Balaban J connectivity index is 1.90. The summed E-state index contributed by atoms with van der Waals surface area (Å²) in [5.41, 5.74) is 0. The molecule has 1 fully saturated rings. The fraction of sp³-hybridized carbons (Fsp3) is 0.900. The van der Waals surface area contributed by atoms with Crippen LogP contribution in [-0.4, -0.2) is 37.4 Å². The van der Waals surface area contributed by atoms with Crippen molar-refractivity contribution in [3.63, 3.8) is 0 Å². The Bertz CT molecular complexity index is 167. The van der Waals surface area contributed by atoms with Crippen molar-refractivity contribution in [1.82, 2.24) is 5.32 Å². The molecule has 1 aliphatic heterocycles. The second-order valence-corrected chi connectivity index (χ2v) is 3.78. The minimum Gasteiger partial charge on any atom is -0.481 e. The second-order valence-electron chi connectivity index (χ2n) is 3.78. The molecule has 0 radical (unpaired) electrons. The van der Waals surface area contributed by atoms with Gasteiger partial charge < -0.3 is 15.2 Å². The molecule has 1 aliphatic rings. The molecule has 0 aromatic rings. The van der Waals surface area contributed by atoms with E-state index in [4.69, 9.17) is 9.84 Å². The van der Waals surface area contributed by atoms with Gasteiger partial charge in [-0.25, -0.2) is 0 Å². The van der Waals surface area contributed by atoms with Crippen LogP contribution in [0, 0.1) is 5.92 Å². The normalized spacial score (nSPS) is 22.1. The van der Waals surface area contributed by atoms with Crippen LogP contribution in [0.15, 0.2) is 0 Å². The molecule has 1 atom stereocenters. The van der Waals surface area contributed by atoms with Gasteiger partial charge in [0, 0.05) is 19.6 Å². The summed E-state index contributed by atoms with van der Waals surface area (Å²) in [5, 5.41) is 11.7.